The van der Waals surface area contributed by atoms with Crippen molar-refractivity contribution in [1.82, 2.24) is 10.2 Å². The van der Waals surface area contributed by atoms with Crippen molar-refractivity contribution in [3.05, 3.63) is 0 Å². The Morgan fingerprint density at radius 3 is 2.38 bits per heavy atom. The smallest absolute Gasteiger partial charge is 0.397 e. The fourth-order valence-corrected chi connectivity index (χ4v) is 5.93. The van der Waals surface area contributed by atoms with Crippen molar-refractivity contribution in [3.63, 3.8) is 0 Å². The minimum atomic E-state index is -4.93. The molecule has 2 rings (SSSR count). The van der Waals surface area contributed by atoms with Crippen molar-refractivity contribution >= 4 is 37.1 Å². The monoisotopic (exact) mass is 550 g/mol. The van der Waals surface area contributed by atoms with Crippen LogP contribution in [-0.2, 0) is 18.6 Å². The second kappa shape index (κ2) is 14.7. The number of carbonyl (C=O) groups is 1. The largest absolute Gasteiger partial charge is 0.470 e. The van der Waals surface area contributed by atoms with Crippen LogP contribution >= 0.6 is 31.2 Å². The van der Waals surface area contributed by atoms with Crippen LogP contribution in [0.5, 0.6) is 0 Å². The Bertz CT molecular complexity index is 672. The van der Waals surface area contributed by atoms with Gasteiger partial charge in [0.2, 0.25) is 5.91 Å². The molecule has 9 atom stereocenters. The first kappa shape index (κ1) is 32.0. The number of nitrogens with one attached hydrogen (secondary N) is 1. The van der Waals surface area contributed by atoms with E-state index in [2.05, 4.69) is 16.8 Å². The molecule has 0 bridgehead atoms. The van der Waals surface area contributed by atoms with Crippen LogP contribution in [-0.4, -0.2) is 110 Å². The molecule has 0 aromatic carbocycles. The third-order valence-corrected chi connectivity index (χ3v) is 7.50. The Balaban J connectivity index is 0.00000182. The zero-order valence-electron chi connectivity index (χ0n) is 20.3. The number of rotatable bonds is 9. The molecule has 0 saturated carbocycles. The number of ether oxygens (including phenoxy) is 1. The first-order chi connectivity index (χ1) is 15.8. The van der Waals surface area contributed by atoms with E-state index in [0.717, 1.165) is 37.6 Å². The number of likely N-dealkylation sites (N-methyl/N-ethyl adjacent to an activating group) is 1. The van der Waals surface area contributed by atoms with Crippen molar-refractivity contribution in [1.29, 1.82) is 0 Å². The molecular weight excluding hydrogens is 511 g/mol. The zero-order valence-corrected chi connectivity index (χ0v) is 22.7. The number of hydrogen-bond donors (Lipinski definition) is 6. The summed E-state index contributed by atoms with van der Waals surface area (Å²) in [6.45, 7) is 6.50. The van der Waals surface area contributed by atoms with Gasteiger partial charge in [0.15, 0.2) is 0 Å². The Hall–Kier alpha value is 0.0200. The SMILES string of the molecule is CCC[C@@H]1C[C@@H](C(=O)N[C@@H]([C@H]2O[C@H](SC)[C@H](OP(=O)(O)O)[C@@H](O)[C@H]2O)[C@H](C)Cl)N(C)C1.CCO. The summed E-state index contributed by atoms with van der Waals surface area (Å²) >= 11 is 7.38. The van der Waals surface area contributed by atoms with Crippen LogP contribution in [0.1, 0.15) is 40.0 Å². The minimum Gasteiger partial charge on any atom is -0.397 e. The highest BCUT2D eigenvalue weighted by molar-refractivity contribution is 7.99. The minimum absolute atomic E-state index is 0.238. The van der Waals surface area contributed by atoms with Crippen LogP contribution in [0.4, 0.5) is 0 Å². The number of nitrogens with zero attached hydrogens (tertiary/aromatic N) is 1. The normalized spacial score (nSPS) is 34.1. The average Bonchev–Trinajstić information content (AvgIpc) is 3.10. The Morgan fingerprint density at radius 1 is 1.32 bits per heavy atom. The molecule has 0 aromatic rings. The topological polar surface area (TPSA) is 169 Å². The molecule has 14 heteroatoms. The van der Waals surface area contributed by atoms with E-state index in [1.54, 1.807) is 20.1 Å². The molecule has 2 heterocycles. The van der Waals surface area contributed by atoms with Gasteiger partial charge in [-0.15, -0.1) is 23.4 Å². The number of thioether (sulfide) groups is 1. The van der Waals surface area contributed by atoms with Gasteiger partial charge in [0.25, 0.3) is 0 Å². The molecule has 2 saturated heterocycles. The third kappa shape index (κ3) is 9.15. The van der Waals surface area contributed by atoms with Crippen LogP contribution in [0, 0.1) is 5.92 Å². The van der Waals surface area contributed by atoms with Crippen molar-refractivity contribution < 1.29 is 43.7 Å². The van der Waals surface area contributed by atoms with E-state index in [1.807, 2.05) is 11.9 Å². The molecule has 2 aliphatic rings. The van der Waals surface area contributed by atoms with Gasteiger partial charge in [-0.05, 0) is 45.9 Å². The van der Waals surface area contributed by atoms with Gasteiger partial charge in [-0.2, -0.15) is 0 Å². The summed E-state index contributed by atoms with van der Waals surface area (Å²) in [5, 5.41) is 30.9. The number of likely N-dealkylation sites (tertiary alicyclic amines) is 1. The molecule has 2 fully saturated rings. The van der Waals surface area contributed by atoms with E-state index in [-0.39, 0.29) is 18.6 Å². The van der Waals surface area contributed by atoms with Gasteiger partial charge in [0.05, 0.1) is 17.5 Å². The lowest BCUT2D eigenvalue weighted by Crippen LogP contribution is -2.65. The molecule has 0 aromatic heterocycles. The number of phosphoric acid groups is 1. The number of alkyl halides is 1. The van der Waals surface area contributed by atoms with E-state index in [1.165, 1.54) is 0 Å². The average molecular weight is 551 g/mol. The van der Waals surface area contributed by atoms with Crippen molar-refractivity contribution in [2.45, 2.75) is 87.3 Å². The van der Waals surface area contributed by atoms with Crippen LogP contribution in [0.25, 0.3) is 0 Å². The van der Waals surface area contributed by atoms with Gasteiger partial charge in [-0.25, -0.2) is 4.57 Å². The van der Waals surface area contributed by atoms with E-state index < -0.39 is 49.1 Å². The van der Waals surface area contributed by atoms with Crippen LogP contribution < -0.4 is 5.32 Å². The van der Waals surface area contributed by atoms with Crippen LogP contribution in [0.3, 0.4) is 0 Å². The molecule has 1 amide bonds. The number of hydrogen-bond acceptors (Lipinski definition) is 9. The lowest BCUT2D eigenvalue weighted by molar-refractivity contribution is -0.201. The van der Waals surface area contributed by atoms with Crippen LogP contribution in [0.2, 0.25) is 0 Å². The summed E-state index contributed by atoms with van der Waals surface area (Å²) in [6.07, 6.45) is -1.37. The van der Waals surface area contributed by atoms with E-state index >= 15 is 0 Å². The highest BCUT2D eigenvalue weighted by Gasteiger charge is 2.51. The van der Waals surface area contributed by atoms with Gasteiger partial charge in [0.1, 0.15) is 29.9 Å². The highest BCUT2D eigenvalue weighted by Crippen LogP contribution is 2.43. The first-order valence-corrected chi connectivity index (χ1v) is 14.6. The number of aliphatic hydroxyl groups excluding tert-OH is 3. The molecule has 34 heavy (non-hydrogen) atoms. The number of carbonyl (C=O) groups excluding carboxylic acids is 1. The molecule has 11 nitrogen and oxygen atoms in total. The van der Waals surface area contributed by atoms with Gasteiger partial charge < -0.3 is 35.2 Å². The van der Waals surface area contributed by atoms with Crippen LogP contribution in [0.15, 0.2) is 0 Å². The molecule has 0 radical (unpaired) electrons. The number of aliphatic hydroxyl groups is 3. The first-order valence-electron chi connectivity index (χ1n) is 11.3. The van der Waals surface area contributed by atoms with E-state index in [0.29, 0.717) is 5.92 Å². The standard InChI is InChI=1S/C18H34ClN2O8PS.C2H6O/c1-5-6-10-7-11(21(3)8-10)17(24)20-12(9(2)19)15-13(22)14(23)16(18(28-15)31-4)29-30(25,26)27;1-2-3/h9-16,18,22-23H,5-8H2,1-4H3,(H,20,24)(H2,25,26,27);3H,2H2,1H3/t9-,10+,11-,12+,13+,14-,15+,16+,18+;/m0./s1. The maximum atomic E-state index is 13.0. The Labute approximate surface area is 210 Å². The van der Waals surface area contributed by atoms with Crippen molar-refractivity contribution in [2.75, 3.05) is 26.5 Å². The predicted molar refractivity (Wildman–Crippen MR) is 131 cm³/mol. The molecule has 0 unspecified atom stereocenters. The maximum absolute atomic E-state index is 13.0. The molecule has 202 valence electrons. The molecule has 2 aliphatic heterocycles. The maximum Gasteiger partial charge on any atom is 0.470 e. The van der Waals surface area contributed by atoms with Gasteiger partial charge >= 0.3 is 7.82 Å². The van der Waals surface area contributed by atoms with Crippen molar-refractivity contribution in [2.24, 2.45) is 5.92 Å². The summed E-state index contributed by atoms with van der Waals surface area (Å²) in [5.74, 6) is 0.195. The lowest BCUT2D eigenvalue weighted by Gasteiger charge is -2.45. The summed E-state index contributed by atoms with van der Waals surface area (Å²) in [5.41, 5.74) is -0.992. The quantitative estimate of drug-likeness (QED) is 0.175. The van der Waals surface area contributed by atoms with Crippen molar-refractivity contribution in [3.8, 4) is 0 Å². The number of halogens is 1. The molecular formula is C20H40ClN2O9PS. The van der Waals surface area contributed by atoms with Gasteiger partial charge in [-0.1, -0.05) is 13.3 Å². The van der Waals surface area contributed by atoms with Gasteiger partial charge in [-0.3, -0.25) is 14.2 Å². The summed E-state index contributed by atoms with van der Waals surface area (Å²) in [7, 11) is -3.04. The lowest BCUT2D eigenvalue weighted by atomic mass is 9.92. The number of phosphoric ester groups is 1. The second-order valence-corrected chi connectivity index (χ2v) is 11.4. The zero-order chi connectivity index (χ0) is 26.2. The number of amides is 1. The molecule has 0 spiro atoms. The Kier molecular flexibility index (Phi) is 13.8. The summed E-state index contributed by atoms with van der Waals surface area (Å²) in [4.78, 5) is 33.3. The fraction of sp³-hybridized carbons (Fsp3) is 0.950. The third-order valence-electron chi connectivity index (χ3n) is 5.87. The second-order valence-electron chi connectivity index (χ2n) is 8.62. The summed E-state index contributed by atoms with van der Waals surface area (Å²) < 4.78 is 21.7. The molecule has 0 aliphatic carbocycles. The Morgan fingerprint density at radius 2 is 1.91 bits per heavy atom. The van der Waals surface area contributed by atoms with E-state index in [9.17, 15) is 19.6 Å². The summed E-state index contributed by atoms with van der Waals surface area (Å²) in [6, 6.07) is -1.18. The van der Waals surface area contributed by atoms with Gasteiger partial charge in [0, 0.05) is 13.2 Å². The highest BCUT2D eigenvalue weighted by atomic mass is 35.5. The van der Waals surface area contributed by atoms with E-state index in [4.69, 9.17) is 31.2 Å². The molecule has 6 N–H and O–H groups in total. The fourth-order valence-electron chi connectivity index (χ4n) is 4.37. The predicted octanol–water partition coefficient (Wildman–Crippen LogP) is 0.505.